The van der Waals surface area contributed by atoms with E-state index in [9.17, 15) is 18.0 Å². The Morgan fingerprint density at radius 2 is 1.57 bits per heavy atom. The van der Waals surface area contributed by atoms with E-state index >= 15 is 0 Å². The number of sulfonamides is 1. The second-order valence-corrected chi connectivity index (χ2v) is 11.9. The number of halogens is 1. The Labute approximate surface area is 241 Å². The molecule has 0 saturated carbocycles. The fourth-order valence-corrected chi connectivity index (χ4v) is 5.71. The number of hydrogen-bond acceptors (Lipinski definition) is 5. The molecule has 0 aliphatic carbocycles. The highest BCUT2D eigenvalue weighted by molar-refractivity contribution is 7.92. The van der Waals surface area contributed by atoms with Gasteiger partial charge in [0.25, 0.3) is 10.0 Å². The minimum absolute atomic E-state index is 0.0106. The molecule has 0 aromatic heterocycles. The third-order valence-electron chi connectivity index (χ3n) is 6.22. The molecule has 3 aromatic rings. The second kappa shape index (κ2) is 13.7. The molecule has 0 heterocycles. The third kappa shape index (κ3) is 7.55. The summed E-state index contributed by atoms with van der Waals surface area (Å²) in [5.74, 6) is -0.622. The molecule has 0 aliphatic rings. The maximum Gasteiger partial charge on any atom is 0.264 e. The predicted octanol–water partition coefficient (Wildman–Crippen LogP) is 5.18. The summed E-state index contributed by atoms with van der Waals surface area (Å²) in [5, 5.41) is 3.27. The van der Waals surface area contributed by atoms with Gasteiger partial charge in [-0.2, -0.15) is 0 Å². The van der Waals surface area contributed by atoms with Crippen molar-refractivity contribution in [3.8, 4) is 5.75 Å². The monoisotopic (exact) mass is 585 g/mol. The van der Waals surface area contributed by atoms with Crippen molar-refractivity contribution < 1.29 is 22.7 Å². The van der Waals surface area contributed by atoms with E-state index in [2.05, 4.69) is 5.32 Å². The molecule has 10 heteroatoms. The molecule has 40 heavy (non-hydrogen) atoms. The lowest BCUT2D eigenvalue weighted by molar-refractivity contribution is -0.139. The highest BCUT2D eigenvalue weighted by atomic mass is 35.5. The van der Waals surface area contributed by atoms with Gasteiger partial charge in [-0.05, 0) is 70.5 Å². The van der Waals surface area contributed by atoms with E-state index in [1.165, 1.54) is 17.0 Å². The van der Waals surface area contributed by atoms with Crippen LogP contribution in [0.1, 0.15) is 38.8 Å². The normalized spacial score (nSPS) is 12.1. The fourth-order valence-electron chi connectivity index (χ4n) is 4.09. The van der Waals surface area contributed by atoms with Crippen molar-refractivity contribution in [2.24, 2.45) is 0 Å². The Morgan fingerprint density at radius 1 is 0.950 bits per heavy atom. The number of anilines is 1. The van der Waals surface area contributed by atoms with E-state index in [0.29, 0.717) is 22.9 Å². The van der Waals surface area contributed by atoms with E-state index in [4.69, 9.17) is 16.3 Å². The smallest absolute Gasteiger partial charge is 0.264 e. The minimum atomic E-state index is -4.21. The lowest BCUT2D eigenvalue weighted by Gasteiger charge is -2.33. The number of para-hydroxylation sites is 2. The van der Waals surface area contributed by atoms with Crippen molar-refractivity contribution in [2.45, 2.75) is 58.1 Å². The molecule has 3 aromatic carbocycles. The van der Waals surface area contributed by atoms with Crippen LogP contribution in [0, 0.1) is 6.92 Å². The van der Waals surface area contributed by atoms with Gasteiger partial charge in [-0.25, -0.2) is 8.42 Å². The maximum absolute atomic E-state index is 14.0. The first-order valence-corrected chi connectivity index (χ1v) is 14.9. The van der Waals surface area contributed by atoms with Crippen molar-refractivity contribution >= 4 is 39.1 Å². The van der Waals surface area contributed by atoms with Crippen LogP contribution in [-0.2, 0) is 26.2 Å². The van der Waals surface area contributed by atoms with Gasteiger partial charge in [-0.1, -0.05) is 59.6 Å². The van der Waals surface area contributed by atoms with Crippen molar-refractivity contribution in [1.82, 2.24) is 10.2 Å². The van der Waals surface area contributed by atoms with Crippen LogP contribution < -0.4 is 14.4 Å². The van der Waals surface area contributed by atoms with E-state index in [1.54, 1.807) is 74.5 Å². The van der Waals surface area contributed by atoms with E-state index < -0.39 is 28.5 Å². The first kappa shape index (κ1) is 31.0. The highest BCUT2D eigenvalue weighted by Gasteiger charge is 2.34. The molecule has 0 fully saturated rings. The summed E-state index contributed by atoms with van der Waals surface area (Å²) in [6, 6.07) is 19.0. The summed E-state index contributed by atoms with van der Waals surface area (Å²) in [5.41, 5.74) is 1.74. The van der Waals surface area contributed by atoms with Crippen LogP contribution >= 0.6 is 11.6 Å². The quantitative estimate of drug-likeness (QED) is 0.316. The number of carbonyl (C=O) groups excluding carboxylic acids is 2. The van der Waals surface area contributed by atoms with Gasteiger partial charge in [-0.3, -0.25) is 13.9 Å². The zero-order valence-corrected chi connectivity index (χ0v) is 25.0. The van der Waals surface area contributed by atoms with Gasteiger partial charge in [0, 0.05) is 17.6 Å². The molecule has 0 bridgehead atoms. The number of hydrogen-bond donors (Lipinski definition) is 1. The molecule has 214 valence electrons. The number of benzene rings is 3. The number of nitrogens with zero attached hydrogens (tertiary/aromatic N) is 2. The Morgan fingerprint density at radius 3 is 2.20 bits per heavy atom. The van der Waals surface area contributed by atoms with Crippen molar-refractivity contribution in [2.75, 3.05) is 17.5 Å². The topological polar surface area (TPSA) is 96.0 Å². The molecular weight excluding hydrogens is 550 g/mol. The highest BCUT2D eigenvalue weighted by Crippen LogP contribution is 2.33. The van der Waals surface area contributed by atoms with Gasteiger partial charge in [0.15, 0.2) is 0 Å². The van der Waals surface area contributed by atoms with Crippen molar-refractivity contribution in [1.29, 1.82) is 0 Å². The molecule has 8 nitrogen and oxygen atoms in total. The summed E-state index contributed by atoms with van der Waals surface area (Å²) < 4.78 is 34.8. The molecule has 1 N–H and O–H groups in total. The van der Waals surface area contributed by atoms with E-state index in [0.717, 1.165) is 9.87 Å². The lowest BCUT2D eigenvalue weighted by atomic mass is 10.1. The fraction of sp³-hybridized carbons (Fsp3) is 0.333. The standard InChI is InChI=1S/C30H36ClN3O5S/c1-6-39-28-14-10-9-13-27(28)34(40(37,38)25-17-15-22(4)16-18-25)20-29(35)33(23(5)30(36)32-21(2)3)19-24-11-7-8-12-26(24)31/h7-18,21,23H,6,19-20H2,1-5H3,(H,32,36)/t23-/m0/s1. The molecular formula is C30H36ClN3O5S. The summed E-state index contributed by atoms with van der Waals surface area (Å²) in [6.45, 7) is 8.66. The van der Waals surface area contributed by atoms with Gasteiger partial charge in [0.2, 0.25) is 11.8 Å². The zero-order valence-electron chi connectivity index (χ0n) is 23.4. The van der Waals surface area contributed by atoms with Crippen LogP contribution in [0.3, 0.4) is 0 Å². The van der Waals surface area contributed by atoms with Gasteiger partial charge in [0.1, 0.15) is 18.3 Å². The number of carbonyl (C=O) groups is 2. The van der Waals surface area contributed by atoms with Crippen molar-refractivity contribution in [3.05, 3.63) is 88.9 Å². The molecule has 1 atom stereocenters. The first-order valence-electron chi connectivity index (χ1n) is 13.1. The Balaban J connectivity index is 2.09. The minimum Gasteiger partial charge on any atom is -0.492 e. The van der Waals surface area contributed by atoms with Crippen LogP contribution in [0.4, 0.5) is 5.69 Å². The lowest BCUT2D eigenvalue weighted by Crippen LogP contribution is -2.52. The van der Waals surface area contributed by atoms with E-state index in [1.807, 2.05) is 20.8 Å². The molecule has 3 rings (SSSR count). The van der Waals surface area contributed by atoms with Gasteiger partial charge >= 0.3 is 0 Å². The summed E-state index contributed by atoms with van der Waals surface area (Å²) >= 11 is 6.40. The number of rotatable bonds is 12. The number of nitrogens with one attached hydrogen (secondary N) is 1. The number of amides is 2. The van der Waals surface area contributed by atoms with Crippen LogP contribution in [-0.4, -0.2) is 50.4 Å². The SMILES string of the molecule is CCOc1ccccc1N(CC(=O)N(Cc1ccccc1Cl)[C@@H](C)C(=O)NC(C)C)S(=O)(=O)c1ccc(C)cc1. The van der Waals surface area contributed by atoms with Gasteiger partial charge in [0.05, 0.1) is 17.2 Å². The first-order chi connectivity index (χ1) is 18.9. The summed E-state index contributed by atoms with van der Waals surface area (Å²) in [6.07, 6.45) is 0. The average Bonchev–Trinajstić information content (AvgIpc) is 2.91. The average molecular weight is 586 g/mol. The second-order valence-electron chi connectivity index (χ2n) is 9.68. The van der Waals surface area contributed by atoms with E-state index in [-0.39, 0.29) is 29.1 Å². The Hall–Kier alpha value is -3.56. The largest absolute Gasteiger partial charge is 0.492 e. The zero-order chi connectivity index (χ0) is 29.4. The number of aryl methyl sites for hydroxylation is 1. The van der Waals surface area contributed by atoms with Crippen LogP contribution in [0.25, 0.3) is 0 Å². The molecule has 0 radical (unpaired) electrons. The molecule has 0 spiro atoms. The third-order valence-corrected chi connectivity index (χ3v) is 8.36. The summed E-state index contributed by atoms with van der Waals surface area (Å²) in [7, 11) is -4.21. The Bertz CT molecular complexity index is 1430. The molecule has 0 saturated heterocycles. The van der Waals surface area contributed by atoms with Crippen LogP contribution in [0.15, 0.2) is 77.7 Å². The van der Waals surface area contributed by atoms with Crippen LogP contribution in [0.5, 0.6) is 5.75 Å². The maximum atomic E-state index is 14.0. The van der Waals surface area contributed by atoms with Gasteiger partial charge < -0.3 is 15.0 Å². The molecule has 2 amide bonds. The van der Waals surface area contributed by atoms with Crippen molar-refractivity contribution in [3.63, 3.8) is 0 Å². The van der Waals surface area contributed by atoms with Gasteiger partial charge in [-0.15, -0.1) is 0 Å². The molecule has 0 aliphatic heterocycles. The molecule has 0 unspecified atom stereocenters. The number of ether oxygens (including phenoxy) is 1. The summed E-state index contributed by atoms with van der Waals surface area (Å²) in [4.78, 5) is 28.4. The van der Waals surface area contributed by atoms with Crippen LogP contribution in [0.2, 0.25) is 5.02 Å². The Kier molecular flexibility index (Phi) is 10.6. The predicted molar refractivity (Wildman–Crippen MR) is 158 cm³/mol.